The van der Waals surface area contributed by atoms with Crippen molar-refractivity contribution in [1.29, 1.82) is 10.5 Å². The normalized spacial score (nSPS) is 11.3. The molecule has 16 rings (SSSR count). The van der Waals surface area contributed by atoms with Crippen LogP contribution in [0.2, 0.25) is 0 Å². The Balaban J connectivity index is 0.985. The van der Waals surface area contributed by atoms with Crippen LogP contribution >= 0.6 is 0 Å². The van der Waals surface area contributed by atoms with Gasteiger partial charge in [0, 0.05) is 66.1 Å². The number of hydrogen-bond donors (Lipinski definition) is 0. The van der Waals surface area contributed by atoms with E-state index >= 15 is 0 Å². The van der Waals surface area contributed by atoms with Gasteiger partial charge in [0.05, 0.1) is 56.7 Å². The van der Waals surface area contributed by atoms with Gasteiger partial charge in [-0.1, -0.05) is 231 Å². The zero-order valence-corrected chi connectivity index (χ0v) is 48.2. The number of nitriles is 2. The standard InChI is InChI=1S/C80H48N10/c81-49-51-43-45-71-67(47-51)61-35-17-19-41-69(61)89(71)73-63(37-21-39-65(73)79-85-75(53-23-5-1-6-24-53)83-76(86-79)54-25-7-2-8-26-54)59-33-15-13-31-57(59)58-32-14-16-34-60(58)64-38-22-40-66(74(64)90-70-42-20-18-36-62(70)68-48-52(50-82)44-46-72(68)90)80-87-77(55-27-9-3-10-28-55)84-78(88-80)56-29-11-4-12-30-56/h1-48H. The molecule has 4 heterocycles. The number of para-hydroxylation sites is 4. The first-order valence-corrected chi connectivity index (χ1v) is 29.6. The number of nitrogens with zero attached hydrogens (tertiary/aromatic N) is 10. The van der Waals surface area contributed by atoms with Crippen LogP contribution in [0.5, 0.6) is 0 Å². The zero-order chi connectivity index (χ0) is 60.1. The van der Waals surface area contributed by atoms with Crippen LogP contribution in [-0.2, 0) is 0 Å². The van der Waals surface area contributed by atoms with E-state index in [1.54, 1.807) is 0 Å². The Hall–Kier alpha value is -12.8. The van der Waals surface area contributed by atoms with Gasteiger partial charge in [-0.05, 0) is 82.9 Å². The Morgan fingerprint density at radius 1 is 0.222 bits per heavy atom. The van der Waals surface area contributed by atoms with E-state index in [1.165, 1.54) is 0 Å². The first-order chi connectivity index (χ1) is 44.6. The third-order valence-corrected chi connectivity index (χ3v) is 16.7. The van der Waals surface area contributed by atoms with E-state index in [-0.39, 0.29) is 0 Å². The van der Waals surface area contributed by atoms with E-state index in [0.29, 0.717) is 46.1 Å². The number of fused-ring (bicyclic) bond motifs is 6. The molecule has 4 aromatic heterocycles. The predicted molar refractivity (Wildman–Crippen MR) is 360 cm³/mol. The topological polar surface area (TPSA) is 135 Å². The van der Waals surface area contributed by atoms with E-state index in [1.807, 2.05) is 158 Å². The Morgan fingerprint density at radius 2 is 0.489 bits per heavy atom. The van der Waals surface area contributed by atoms with Crippen LogP contribution in [0.25, 0.3) is 157 Å². The number of hydrogen-bond acceptors (Lipinski definition) is 8. The number of rotatable bonds is 11. The van der Waals surface area contributed by atoms with Crippen LogP contribution in [0.1, 0.15) is 11.1 Å². The summed E-state index contributed by atoms with van der Waals surface area (Å²) in [7, 11) is 0. The summed E-state index contributed by atoms with van der Waals surface area (Å²) in [4.78, 5) is 31.8. The van der Waals surface area contributed by atoms with Crippen LogP contribution in [0.3, 0.4) is 0 Å². The molecule has 0 N–H and O–H groups in total. The second kappa shape index (κ2) is 22.3. The molecule has 0 atom stereocenters. The maximum atomic E-state index is 10.3. The lowest BCUT2D eigenvalue weighted by Crippen LogP contribution is -2.06. The fraction of sp³-hybridized carbons (Fsp3) is 0. The van der Waals surface area contributed by atoms with Crippen molar-refractivity contribution in [1.82, 2.24) is 39.0 Å². The van der Waals surface area contributed by atoms with Gasteiger partial charge in [0.25, 0.3) is 0 Å². The Morgan fingerprint density at radius 3 is 0.833 bits per heavy atom. The van der Waals surface area contributed by atoms with Crippen molar-refractivity contribution < 1.29 is 0 Å². The lowest BCUT2D eigenvalue weighted by molar-refractivity contribution is 1.06. The molecule has 0 fully saturated rings. The summed E-state index contributed by atoms with van der Waals surface area (Å²) in [6.45, 7) is 0. The van der Waals surface area contributed by atoms with E-state index in [4.69, 9.17) is 29.9 Å². The molecule has 16 aromatic rings. The van der Waals surface area contributed by atoms with Crippen molar-refractivity contribution in [3.8, 4) is 125 Å². The highest BCUT2D eigenvalue weighted by molar-refractivity contribution is 6.13. The van der Waals surface area contributed by atoms with Crippen molar-refractivity contribution in [3.05, 3.63) is 302 Å². The van der Waals surface area contributed by atoms with Gasteiger partial charge in [-0.3, -0.25) is 0 Å². The maximum absolute atomic E-state index is 10.3. The first kappa shape index (κ1) is 52.8. The van der Waals surface area contributed by atoms with Crippen molar-refractivity contribution in [2.24, 2.45) is 0 Å². The van der Waals surface area contributed by atoms with Crippen LogP contribution < -0.4 is 0 Å². The van der Waals surface area contributed by atoms with Gasteiger partial charge in [0.1, 0.15) is 0 Å². The van der Waals surface area contributed by atoms with Gasteiger partial charge in [0.2, 0.25) is 0 Å². The Bertz CT molecular complexity index is 5110. The molecule has 0 amide bonds. The minimum absolute atomic E-state index is 0.496. The van der Waals surface area contributed by atoms with Crippen molar-refractivity contribution in [2.45, 2.75) is 0 Å². The van der Waals surface area contributed by atoms with Gasteiger partial charge < -0.3 is 9.13 Å². The molecule has 0 radical (unpaired) electrons. The SMILES string of the molecule is N#Cc1ccc2c(c1)c1ccccc1n2-c1c(-c2nc(-c3ccccc3)nc(-c3ccccc3)n2)cccc1-c1ccccc1-c1ccccc1-c1cccc(-c2nc(-c3ccccc3)nc(-c3ccccc3)n2)c1-n1c2ccccc2c2cc(C#N)ccc21. The average Bonchev–Trinajstić information content (AvgIpc) is 1.60. The second-order valence-corrected chi connectivity index (χ2v) is 22.0. The molecule has 418 valence electrons. The molecule has 10 nitrogen and oxygen atoms in total. The predicted octanol–water partition coefficient (Wildman–Crippen LogP) is 19.0. The molecular formula is C80H48N10. The third kappa shape index (κ3) is 9.12. The van der Waals surface area contributed by atoms with Crippen molar-refractivity contribution in [2.75, 3.05) is 0 Å². The summed E-state index contributed by atoms with van der Waals surface area (Å²) in [5, 5.41) is 24.5. The van der Waals surface area contributed by atoms with Crippen molar-refractivity contribution >= 4 is 43.6 Å². The zero-order valence-electron chi connectivity index (χ0n) is 48.2. The highest BCUT2D eigenvalue weighted by Gasteiger charge is 2.28. The van der Waals surface area contributed by atoms with Crippen LogP contribution in [-0.4, -0.2) is 39.0 Å². The van der Waals surface area contributed by atoms with Gasteiger partial charge >= 0.3 is 0 Å². The summed E-state index contributed by atoms with van der Waals surface area (Å²) >= 11 is 0. The summed E-state index contributed by atoms with van der Waals surface area (Å²) in [6.07, 6.45) is 0. The molecule has 0 unspecified atom stereocenters. The maximum Gasteiger partial charge on any atom is 0.166 e. The van der Waals surface area contributed by atoms with Gasteiger partial charge in [0.15, 0.2) is 34.9 Å². The van der Waals surface area contributed by atoms with E-state index in [9.17, 15) is 10.5 Å². The van der Waals surface area contributed by atoms with Crippen LogP contribution in [0.4, 0.5) is 0 Å². The average molecular weight is 1150 g/mol. The van der Waals surface area contributed by atoms with Gasteiger partial charge in [-0.15, -0.1) is 0 Å². The molecule has 0 aliphatic carbocycles. The first-order valence-electron chi connectivity index (χ1n) is 29.6. The minimum atomic E-state index is 0.496. The molecule has 90 heavy (non-hydrogen) atoms. The summed E-state index contributed by atoms with van der Waals surface area (Å²) in [6, 6.07) is 104. The highest BCUT2D eigenvalue weighted by Crippen LogP contribution is 2.48. The highest BCUT2D eigenvalue weighted by atomic mass is 15.1. The lowest BCUT2D eigenvalue weighted by Gasteiger charge is -2.23. The molecule has 0 aliphatic heterocycles. The molecule has 0 bridgehead atoms. The van der Waals surface area contributed by atoms with E-state index in [2.05, 4.69) is 155 Å². The molecule has 0 saturated carbocycles. The number of benzene rings is 12. The van der Waals surface area contributed by atoms with Gasteiger partial charge in [-0.2, -0.15) is 10.5 Å². The van der Waals surface area contributed by atoms with Crippen LogP contribution in [0.15, 0.2) is 291 Å². The largest absolute Gasteiger partial charge is 0.308 e. The monoisotopic (exact) mass is 1150 g/mol. The number of aromatic nitrogens is 8. The smallest absolute Gasteiger partial charge is 0.166 e. The van der Waals surface area contributed by atoms with E-state index in [0.717, 1.165) is 122 Å². The Kier molecular flexibility index (Phi) is 13.1. The molecule has 0 saturated heterocycles. The lowest BCUT2D eigenvalue weighted by atomic mass is 9.87. The summed E-state index contributed by atoms with van der Waals surface area (Å²) in [5.74, 6) is 3.17. The third-order valence-electron chi connectivity index (χ3n) is 16.7. The fourth-order valence-electron chi connectivity index (χ4n) is 12.7. The molecule has 10 heteroatoms. The quantitative estimate of drug-likeness (QED) is 0.125. The molecular weight excluding hydrogens is 1100 g/mol. The van der Waals surface area contributed by atoms with Crippen molar-refractivity contribution in [3.63, 3.8) is 0 Å². The molecule has 0 aliphatic rings. The molecule has 12 aromatic carbocycles. The van der Waals surface area contributed by atoms with Gasteiger partial charge in [-0.25, -0.2) is 29.9 Å². The Labute approximate surface area is 517 Å². The molecule has 0 spiro atoms. The second-order valence-electron chi connectivity index (χ2n) is 22.0. The van der Waals surface area contributed by atoms with Crippen LogP contribution in [0, 0.1) is 22.7 Å². The minimum Gasteiger partial charge on any atom is -0.308 e. The summed E-state index contributed by atoms with van der Waals surface area (Å²) in [5.41, 5.74) is 17.3. The van der Waals surface area contributed by atoms with E-state index < -0.39 is 0 Å². The summed E-state index contributed by atoms with van der Waals surface area (Å²) < 4.78 is 4.63. The fourth-order valence-corrected chi connectivity index (χ4v) is 12.7.